The molecule has 1 fully saturated rings. The van der Waals surface area contributed by atoms with Gasteiger partial charge in [0.15, 0.2) is 5.96 Å². The van der Waals surface area contributed by atoms with Crippen LogP contribution in [0.4, 0.5) is 0 Å². The van der Waals surface area contributed by atoms with E-state index in [1.807, 2.05) is 42.5 Å². The van der Waals surface area contributed by atoms with E-state index in [1.165, 1.54) is 12.8 Å². The Morgan fingerprint density at radius 1 is 1.09 bits per heavy atom. The quantitative estimate of drug-likeness (QED) is 0.248. The number of ether oxygens (including phenoxy) is 1. The van der Waals surface area contributed by atoms with Crippen LogP contribution in [0.1, 0.15) is 54.1 Å². The van der Waals surface area contributed by atoms with Crippen LogP contribution in [-0.2, 0) is 13.0 Å². The molecule has 32 heavy (non-hydrogen) atoms. The number of carbonyl (C=O) groups is 1. The van der Waals surface area contributed by atoms with Gasteiger partial charge >= 0.3 is 0 Å². The van der Waals surface area contributed by atoms with Crippen LogP contribution in [0.15, 0.2) is 53.5 Å². The van der Waals surface area contributed by atoms with Crippen molar-refractivity contribution in [3.05, 3.63) is 65.2 Å². The summed E-state index contributed by atoms with van der Waals surface area (Å²) in [6, 6.07) is 15.9. The van der Waals surface area contributed by atoms with Crippen LogP contribution in [0.2, 0.25) is 0 Å². The zero-order valence-electron chi connectivity index (χ0n) is 19.0. The largest absolute Gasteiger partial charge is 0.490 e. The second-order valence-electron chi connectivity index (χ2n) is 7.78. The van der Waals surface area contributed by atoms with Gasteiger partial charge in [0.2, 0.25) is 0 Å². The molecule has 2 aromatic rings. The molecule has 6 nitrogen and oxygen atoms in total. The lowest BCUT2D eigenvalue weighted by Crippen LogP contribution is -2.38. The molecule has 7 heteroatoms. The highest BCUT2D eigenvalue weighted by molar-refractivity contribution is 14.0. The molecule has 1 aliphatic carbocycles. The highest BCUT2D eigenvalue weighted by Gasteiger charge is 2.17. The van der Waals surface area contributed by atoms with Crippen molar-refractivity contribution in [2.45, 2.75) is 51.7 Å². The van der Waals surface area contributed by atoms with Crippen molar-refractivity contribution in [3.8, 4) is 5.75 Å². The zero-order valence-corrected chi connectivity index (χ0v) is 21.4. The lowest BCUT2D eigenvalue weighted by Gasteiger charge is -2.16. The standard InChI is InChI=1S/C25H34N4O2.HI/c1-3-27-25(28-16-15-19-9-8-11-20(17-19)24(30)26-2)29-18-21-10-4-7-14-23(21)31-22-12-5-6-13-22;/h4,7-11,14,17,22H,3,5-6,12-13,15-16,18H2,1-2H3,(H,26,30)(H2,27,28,29);1H. The van der Waals surface area contributed by atoms with E-state index in [1.54, 1.807) is 7.05 Å². The van der Waals surface area contributed by atoms with Gasteiger partial charge < -0.3 is 20.7 Å². The van der Waals surface area contributed by atoms with E-state index in [0.717, 1.165) is 55.2 Å². The minimum absolute atomic E-state index is 0. The molecular weight excluding hydrogens is 515 g/mol. The van der Waals surface area contributed by atoms with Crippen molar-refractivity contribution in [1.29, 1.82) is 0 Å². The third kappa shape index (κ3) is 8.00. The predicted molar refractivity (Wildman–Crippen MR) is 141 cm³/mol. The van der Waals surface area contributed by atoms with Crippen molar-refractivity contribution < 1.29 is 9.53 Å². The molecule has 0 unspecified atom stereocenters. The highest BCUT2D eigenvalue weighted by atomic mass is 127. The monoisotopic (exact) mass is 550 g/mol. The van der Waals surface area contributed by atoms with Crippen molar-refractivity contribution in [2.24, 2.45) is 4.99 Å². The lowest BCUT2D eigenvalue weighted by atomic mass is 10.1. The van der Waals surface area contributed by atoms with Gasteiger partial charge in [0.1, 0.15) is 5.75 Å². The molecule has 3 rings (SSSR count). The summed E-state index contributed by atoms with van der Waals surface area (Å²) >= 11 is 0. The third-order valence-electron chi connectivity index (χ3n) is 5.44. The Hall–Kier alpha value is -2.29. The Morgan fingerprint density at radius 2 is 1.88 bits per heavy atom. The van der Waals surface area contributed by atoms with E-state index >= 15 is 0 Å². The minimum atomic E-state index is -0.0665. The number of benzene rings is 2. The number of aliphatic imine (C=N–C) groups is 1. The molecule has 3 N–H and O–H groups in total. The number of nitrogens with one attached hydrogen (secondary N) is 3. The highest BCUT2D eigenvalue weighted by Crippen LogP contribution is 2.27. The Balaban J connectivity index is 0.00000363. The van der Waals surface area contributed by atoms with Gasteiger partial charge in [-0.1, -0.05) is 30.3 Å². The third-order valence-corrected chi connectivity index (χ3v) is 5.44. The number of hydrogen-bond donors (Lipinski definition) is 3. The van der Waals surface area contributed by atoms with Gasteiger partial charge in [0.25, 0.3) is 5.91 Å². The van der Waals surface area contributed by atoms with E-state index in [-0.39, 0.29) is 29.9 Å². The fraction of sp³-hybridized carbons (Fsp3) is 0.440. The van der Waals surface area contributed by atoms with Gasteiger partial charge in [-0.15, -0.1) is 24.0 Å². The zero-order chi connectivity index (χ0) is 21.9. The molecule has 1 amide bonds. The first kappa shape index (κ1) is 26.0. The van der Waals surface area contributed by atoms with E-state index < -0.39 is 0 Å². The predicted octanol–water partition coefficient (Wildman–Crippen LogP) is 4.28. The van der Waals surface area contributed by atoms with Gasteiger partial charge in [-0.25, -0.2) is 4.99 Å². The number of carbonyl (C=O) groups excluding carboxylic acids is 1. The van der Waals surface area contributed by atoms with E-state index in [4.69, 9.17) is 9.73 Å². The van der Waals surface area contributed by atoms with Crippen LogP contribution in [0.25, 0.3) is 0 Å². The summed E-state index contributed by atoms with van der Waals surface area (Å²) < 4.78 is 6.23. The van der Waals surface area contributed by atoms with E-state index in [2.05, 4.69) is 28.9 Å². The number of para-hydroxylation sites is 1. The number of rotatable bonds is 9. The van der Waals surface area contributed by atoms with Crippen LogP contribution in [-0.4, -0.2) is 38.1 Å². The molecule has 0 heterocycles. The molecule has 0 radical (unpaired) electrons. The first-order chi connectivity index (χ1) is 15.2. The summed E-state index contributed by atoms with van der Waals surface area (Å²) in [5.41, 5.74) is 2.89. The second-order valence-corrected chi connectivity index (χ2v) is 7.78. The van der Waals surface area contributed by atoms with Crippen molar-refractivity contribution in [2.75, 3.05) is 20.1 Å². The van der Waals surface area contributed by atoms with Gasteiger partial charge in [0, 0.05) is 31.3 Å². The Morgan fingerprint density at radius 3 is 2.62 bits per heavy atom. The van der Waals surface area contributed by atoms with Crippen molar-refractivity contribution in [3.63, 3.8) is 0 Å². The molecule has 0 aliphatic heterocycles. The maximum Gasteiger partial charge on any atom is 0.251 e. The van der Waals surface area contributed by atoms with Crippen LogP contribution in [0.5, 0.6) is 5.75 Å². The Bertz CT molecular complexity index is 882. The molecule has 1 saturated carbocycles. The van der Waals surface area contributed by atoms with E-state index in [0.29, 0.717) is 18.2 Å². The molecule has 174 valence electrons. The van der Waals surface area contributed by atoms with Crippen molar-refractivity contribution in [1.82, 2.24) is 16.0 Å². The second kappa shape index (κ2) is 14.0. The fourth-order valence-electron chi connectivity index (χ4n) is 3.78. The number of hydrogen-bond acceptors (Lipinski definition) is 3. The Kier molecular flexibility index (Phi) is 11.3. The number of halogens is 1. The molecule has 2 aromatic carbocycles. The van der Waals surface area contributed by atoms with Crippen molar-refractivity contribution >= 4 is 35.8 Å². The maximum atomic E-state index is 11.8. The number of guanidine groups is 1. The van der Waals surface area contributed by atoms with Gasteiger partial charge in [-0.05, 0) is 62.8 Å². The normalized spacial score (nSPS) is 13.9. The SMILES string of the molecule is CCNC(=NCc1ccccc1OC1CCCC1)NCCc1cccc(C(=O)NC)c1.I. The van der Waals surface area contributed by atoms with E-state index in [9.17, 15) is 4.79 Å². The first-order valence-electron chi connectivity index (χ1n) is 11.3. The first-order valence-corrected chi connectivity index (χ1v) is 11.3. The van der Waals surface area contributed by atoms with Gasteiger partial charge in [-0.2, -0.15) is 0 Å². The molecule has 0 spiro atoms. The van der Waals surface area contributed by atoms with Crippen LogP contribution in [0.3, 0.4) is 0 Å². The molecule has 0 atom stereocenters. The topological polar surface area (TPSA) is 74.8 Å². The van der Waals surface area contributed by atoms with Gasteiger partial charge in [0.05, 0.1) is 12.6 Å². The van der Waals surface area contributed by atoms with Crippen LogP contribution < -0.4 is 20.7 Å². The summed E-state index contributed by atoms with van der Waals surface area (Å²) in [5.74, 6) is 1.66. The van der Waals surface area contributed by atoms with Crippen LogP contribution in [0, 0.1) is 0 Å². The minimum Gasteiger partial charge on any atom is -0.490 e. The van der Waals surface area contributed by atoms with Gasteiger partial charge in [-0.3, -0.25) is 4.79 Å². The fourth-order valence-corrected chi connectivity index (χ4v) is 3.78. The average molecular weight is 550 g/mol. The summed E-state index contributed by atoms with van der Waals surface area (Å²) in [7, 11) is 1.65. The number of nitrogens with zero attached hydrogens (tertiary/aromatic N) is 1. The Labute approximate surface area is 208 Å². The average Bonchev–Trinajstić information content (AvgIpc) is 3.31. The summed E-state index contributed by atoms with van der Waals surface area (Å²) in [6.45, 7) is 4.13. The maximum absolute atomic E-state index is 11.8. The summed E-state index contributed by atoms with van der Waals surface area (Å²) in [4.78, 5) is 16.6. The molecule has 0 bridgehead atoms. The molecule has 1 aliphatic rings. The van der Waals surface area contributed by atoms with Crippen LogP contribution >= 0.6 is 24.0 Å². The molecule has 0 aromatic heterocycles. The lowest BCUT2D eigenvalue weighted by molar-refractivity contribution is 0.0963. The summed E-state index contributed by atoms with van der Waals surface area (Å²) in [6.07, 6.45) is 5.93. The smallest absolute Gasteiger partial charge is 0.251 e. The molecular formula is C25H35IN4O2. The summed E-state index contributed by atoms with van der Waals surface area (Å²) in [5, 5.41) is 9.36. The number of amides is 1. The molecule has 0 saturated heterocycles.